The van der Waals surface area contributed by atoms with Crippen molar-refractivity contribution < 1.29 is 14.7 Å². The van der Waals surface area contributed by atoms with Crippen molar-refractivity contribution in [1.82, 2.24) is 14.9 Å². The zero-order valence-corrected chi connectivity index (χ0v) is 15.6. The Bertz CT molecular complexity index is 1120. The molecule has 7 heteroatoms. The molecule has 0 radical (unpaired) electrons. The van der Waals surface area contributed by atoms with E-state index in [1.54, 1.807) is 18.2 Å². The fourth-order valence-corrected chi connectivity index (χ4v) is 3.89. The second kappa shape index (κ2) is 7.66. The third kappa shape index (κ3) is 3.79. The molecule has 2 aromatic carbocycles. The van der Waals surface area contributed by atoms with E-state index in [0.717, 1.165) is 20.9 Å². The van der Waals surface area contributed by atoms with Crippen molar-refractivity contribution in [2.24, 2.45) is 0 Å². The van der Waals surface area contributed by atoms with Crippen molar-refractivity contribution in [3.05, 3.63) is 84.2 Å². The second-order valence-corrected chi connectivity index (χ2v) is 7.33. The van der Waals surface area contributed by atoms with Crippen molar-refractivity contribution in [2.45, 2.75) is 12.5 Å². The van der Waals surface area contributed by atoms with Gasteiger partial charge in [0.05, 0.1) is 10.2 Å². The van der Waals surface area contributed by atoms with Gasteiger partial charge in [0.2, 0.25) is 0 Å². The number of benzene rings is 2. The number of carboxylic acids is 1. The zero-order chi connectivity index (χ0) is 19.5. The fourth-order valence-electron chi connectivity index (χ4n) is 2.92. The maximum absolute atomic E-state index is 12.6. The predicted molar refractivity (Wildman–Crippen MR) is 108 cm³/mol. The molecule has 2 N–H and O–H groups in total. The minimum atomic E-state index is -1.06. The molecule has 0 aliphatic heterocycles. The van der Waals surface area contributed by atoms with Crippen LogP contribution in [0.3, 0.4) is 0 Å². The summed E-state index contributed by atoms with van der Waals surface area (Å²) >= 11 is 1.47. The molecule has 0 fully saturated rings. The Morgan fingerprint density at radius 2 is 1.82 bits per heavy atom. The highest BCUT2D eigenvalue weighted by Gasteiger charge is 2.21. The predicted octanol–water partition coefficient (Wildman–Crippen LogP) is 3.51. The van der Waals surface area contributed by atoms with Gasteiger partial charge in [-0.05, 0) is 35.9 Å². The quantitative estimate of drug-likeness (QED) is 0.527. The van der Waals surface area contributed by atoms with Crippen LogP contribution in [0.25, 0.3) is 15.3 Å². The number of hydrogen-bond donors (Lipinski definition) is 2. The normalized spacial score (nSPS) is 12.0. The highest BCUT2D eigenvalue weighted by atomic mass is 32.1. The summed E-state index contributed by atoms with van der Waals surface area (Å²) in [7, 11) is 0. The van der Waals surface area contributed by atoms with Gasteiger partial charge in [-0.15, -0.1) is 0 Å². The van der Waals surface area contributed by atoms with Gasteiger partial charge in [0.15, 0.2) is 5.13 Å². The molecule has 0 saturated carbocycles. The lowest BCUT2D eigenvalue weighted by atomic mass is 10.1. The number of carbonyl (C=O) groups excluding carboxylic acids is 1. The number of nitrogens with one attached hydrogen (secondary N) is 1. The number of aliphatic carboxylic acids is 1. The lowest BCUT2D eigenvalue weighted by Gasteiger charge is -2.14. The average Bonchev–Trinajstić information content (AvgIpc) is 3.37. The molecule has 2 heterocycles. The Balaban J connectivity index is 1.54. The van der Waals surface area contributed by atoms with Gasteiger partial charge in [0, 0.05) is 24.4 Å². The van der Waals surface area contributed by atoms with Gasteiger partial charge in [-0.25, -0.2) is 9.78 Å². The summed E-state index contributed by atoms with van der Waals surface area (Å²) in [5, 5.41) is 12.9. The average molecular weight is 391 g/mol. The standard InChI is InChI=1S/C21H17N3O3S/c25-19(22-17(20(26)27)12-14-6-2-1-3-7-14)15-8-9-16-18(13-15)28-21(23-16)24-10-4-5-11-24/h1-11,13,17H,12H2,(H,22,25)(H,26,27). The van der Waals surface area contributed by atoms with Crippen LogP contribution in [0.5, 0.6) is 0 Å². The summed E-state index contributed by atoms with van der Waals surface area (Å²) in [5.74, 6) is -1.48. The Hall–Kier alpha value is -3.45. The van der Waals surface area contributed by atoms with Crippen LogP contribution in [-0.2, 0) is 11.2 Å². The van der Waals surface area contributed by atoms with Crippen molar-refractivity contribution >= 4 is 33.4 Å². The van der Waals surface area contributed by atoms with E-state index in [1.807, 2.05) is 59.4 Å². The molecular formula is C21H17N3O3S. The molecule has 1 unspecified atom stereocenters. The van der Waals surface area contributed by atoms with E-state index >= 15 is 0 Å². The maximum atomic E-state index is 12.6. The molecule has 2 aromatic heterocycles. The number of carboxylic acid groups (broad SMARTS) is 1. The summed E-state index contributed by atoms with van der Waals surface area (Å²) in [6, 6.07) is 17.3. The van der Waals surface area contributed by atoms with E-state index in [4.69, 9.17) is 0 Å². The number of hydrogen-bond acceptors (Lipinski definition) is 4. The van der Waals surface area contributed by atoms with Crippen LogP contribution < -0.4 is 5.32 Å². The summed E-state index contributed by atoms with van der Waals surface area (Å²) in [6.45, 7) is 0. The zero-order valence-electron chi connectivity index (χ0n) is 14.8. The molecule has 4 aromatic rings. The topological polar surface area (TPSA) is 84.2 Å². The van der Waals surface area contributed by atoms with E-state index in [-0.39, 0.29) is 6.42 Å². The first-order valence-electron chi connectivity index (χ1n) is 8.72. The van der Waals surface area contributed by atoms with E-state index in [2.05, 4.69) is 10.3 Å². The molecule has 1 atom stereocenters. The van der Waals surface area contributed by atoms with Crippen molar-refractivity contribution in [3.8, 4) is 5.13 Å². The highest BCUT2D eigenvalue weighted by Crippen LogP contribution is 2.26. The van der Waals surface area contributed by atoms with Crippen LogP contribution in [0, 0.1) is 0 Å². The first kappa shape index (κ1) is 17.9. The summed E-state index contributed by atoms with van der Waals surface area (Å²) in [5.41, 5.74) is 2.06. The van der Waals surface area contributed by atoms with E-state index in [0.29, 0.717) is 5.56 Å². The Morgan fingerprint density at radius 1 is 1.07 bits per heavy atom. The Kier molecular flexibility index (Phi) is 4.90. The Morgan fingerprint density at radius 3 is 2.54 bits per heavy atom. The minimum absolute atomic E-state index is 0.225. The first-order chi connectivity index (χ1) is 13.6. The molecular weight excluding hydrogens is 374 g/mol. The molecule has 140 valence electrons. The largest absolute Gasteiger partial charge is 0.480 e. The van der Waals surface area contributed by atoms with Crippen LogP contribution in [-0.4, -0.2) is 32.6 Å². The highest BCUT2D eigenvalue weighted by molar-refractivity contribution is 7.20. The summed E-state index contributed by atoms with van der Waals surface area (Å²) < 4.78 is 2.77. The van der Waals surface area contributed by atoms with E-state index in [9.17, 15) is 14.7 Å². The monoisotopic (exact) mass is 391 g/mol. The maximum Gasteiger partial charge on any atom is 0.326 e. The van der Waals surface area contributed by atoms with Crippen molar-refractivity contribution in [2.75, 3.05) is 0 Å². The molecule has 4 rings (SSSR count). The number of nitrogens with zero attached hydrogens (tertiary/aromatic N) is 2. The molecule has 1 amide bonds. The van der Waals surface area contributed by atoms with Gasteiger partial charge in [-0.1, -0.05) is 41.7 Å². The van der Waals surface area contributed by atoms with Gasteiger partial charge in [0.1, 0.15) is 6.04 Å². The fraction of sp³-hybridized carbons (Fsp3) is 0.0952. The van der Waals surface area contributed by atoms with Crippen LogP contribution in [0.1, 0.15) is 15.9 Å². The van der Waals surface area contributed by atoms with Gasteiger partial charge in [-0.2, -0.15) is 0 Å². The minimum Gasteiger partial charge on any atom is -0.480 e. The van der Waals surface area contributed by atoms with Gasteiger partial charge < -0.3 is 15.0 Å². The SMILES string of the molecule is O=C(NC(Cc1ccccc1)C(=O)O)c1ccc2nc(-n3cccc3)sc2c1. The van der Waals surface area contributed by atoms with Crippen LogP contribution >= 0.6 is 11.3 Å². The van der Waals surface area contributed by atoms with Crippen LogP contribution in [0.15, 0.2) is 73.1 Å². The van der Waals surface area contributed by atoms with Gasteiger partial charge >= 0.3 is 5.97 Å². The lowest BCUT2D eigenvalue weighted by molar-refractivity contribution is -0.139. The van der Waals surface area contributed by atoms with Crippen molar-refractivity contribution in [3.63, 3.8) is 0 Å². The number of carbonyl (C=O) groups is 2. The molecule has 28 heavy (non-hydrogen) atoms. The van der Waals surface area contributed by atoms with Crippen LogP contribution in [0.4, 0.5) is 0 Å². The Labute approximate surface area is 165 Å². The smallest absolute Gasteiger partial charge is 0.326 e. The third-order valence-corrected chi connectivity index (χ3v) is 5.38. The molecule has 6 nitrogen and oxygen atoms in total. The van der Waals surface area contributed by atoms with Gasteiger partial charge in [-0.3, -0.25) is 4.79 Å². The van der Waals surface area contributed by atoms with Crippen LogP contribution in [0.2, 0.25) is 0 Å². The van der Waals surface area contributed by atoms with Gasteiger partial charge in [0.25, 0.3) is 5.91 Å². The second-order valence-electron chi connectivity index (χ2n) is 6.32. The lowest BCUT2D eigenvalue weighted by Crippen LogP contribution is -2.42. The molecule has 0 aliphatic rings. The number of aromatic nitrogens is 2. The number of amides is 1. The summed E-state index contributed by atoms with van der Waals surface area (Å²) in [4.78, 5) is 28.8. The number of thiazole rings is 1. The molecule has 0 aliphatic carbocycles. The number of fused-ring (bicyclic) bond motifs is 1. The van der Waals surface area contributed by atoms with Crippen molar-refractivity contribution in [1.29, 1.82) is 0 Å². The first-order valence-corrected chi connectivity index (χ1v) is 9.53. The molecule has 0 bridgehead atoms. The summed E-state index contributed by atoms with van der Waals surface area (Å²) in [6.07, 6.45) is 4.04. The number of rotatable bonds is 6. The third-order valence-electron chi connectivity index (χ3n) is 4.35. The molecule has 0 saturated heterocycles. The van der Waals surface area contributed by atoms with E-state index in [1.165, 1.54) is 11.3 Å². The molecule has 0 spiro atoms. The van der Waals surface area contributed by atoms with E-state index < -0.39 is 17.9 Å².